The van der Waals surface area contributed by atoms with Crippen molar-refractivity contribution in [2.75, 3.05) is 13.1 Å². The van der Waals surface area contributed by atoms with Gasteiger partial charge < -0.3 is 5.73 Å². The average molecular weight is 115 g/mol. The molecule has 8 heavy (non-hydrogen) atoms. The quantitative estimate of drug-likeness (QED) is 0.259. The lowest BCUT2D eigenvalue weighted by molar-refractivity contribution is 0.764. The predicted molar refractivity (Wildman–Crippen MR) is 35.0 cm³/mol. The molecule has 5 N–H and O–H groups in total. The van der Waals surface area contributed by atoms with Crippen LogP contribution in [0.2, 0.25) is 0 Å². The third kappa shape index (κ3) is 3.80. The van der Waals surface area contributed by atoms with Crippen molar-refractivity contribution >= 4 is 0 Å². The van der Waals surface area contributed by atoms with Crippen LogP contribution in [-0.2, 0) is 0 Å². The molecule has 0 bridgehead atoms. The number of hydrogen-bond donors (Lipinski definition) is 3. The van der Waals surface area contributed by atoms with Gasteiger partial charge in [0.25, 0.3) is 0 Å². The highest BCUT2D eigenvalue weighted by Gasteiger charge is 1.87. The standard InChI is InChI=1S/C5H13N3/c1-5(2-3-6)4-8-7/h8H,1-4,6-7H2. The van der Waals surface area contributed by atoms with Gasteiger partial charge in [0.15, 0.2) is 0 Å². The third-order valence-electron chi connectivity index (χ3n) is 0.850. The largest absolute Gasteiger partial charge is 0.330 e. The van der Waals surface area contributed by atoms with Gasteiger partial charge in [0.05, 0.1) is 0 Å². The maximum absolute atomic E-state index is 5.23. The maximum Gasteiger partial charge on any atom is 0.0305 e. The van der Waals surface area contributed by atoms with Crippen LogP contribution in [0.3, 0.4) is 0 Å². The lowest BCUT2D eigenvalue weighted by atomic mass is 10.2. The van der Waals surface area contributed by atoms with Crippen LogP contribution < -0.4 is 17.0 Å². The van der Waals surface area contributed by atoms with E-state index in [1.165, 1.54) is 0 Å². The molecule has 0 saturated heterocycles. The summed E-state index contributed by atoms with van der Waals surface area (Å²) in [5, 5.41) is 0. The van der Waals surface area contributed by atoms with E-state index >= 15 is 0 Å². The Hall–Kier alpha value is -0.380. The van der Waals surface area contributed by atoms with Gasteiger partial charge in [-0.05, 0) is 13.0 Å². The Morgan fingerprint density at radius 2 is 2.25 bits per heavy atom. The molecule has 0 rings (SSSR count). The van der Waals surface area contributed by atoms with E-state index in [4.69, 9.17) is 11.6 Å². The normalized spacial score (nSPS) is 9.25. The molecular formula is C5H13N3. The van der Waals surface area contributed by atoms with Crippen molar-refractivity contribution < 1.29 is 0 Å². The van der Waals surface area contributed by atoms with Gasteiger partial charge in [-0.1, -0.05) is 12.2 Å². The van der Waals surface area contributed by atoms with Crippen molar-refractivity contribution in [3.8, 4) is 0 Å². The van der Waals surface area contributed by atoms with Gasteiger partial charge in [0.1, 0.15) is 0 Å². The first kappa shape index (κ1) is 7.62. The second kappa shape index (κ2) is 4.77. The first-order valence-corrected chi connectivity index (χ1v) is 2.61. The van der Waals surface area contributed by atoms with Crippen LogP contribution >= 0.6 is 0 Å². The average Bonchev–Trinajstić information content (AvgIpc) is 1.68. The first-order chi connectivity index (χ1) is 3.81. The topological polar surface area (TPSA) is 64.1 Å². The molecule has 0 saturated carbocycles. The van der Waals surface area contributed by atoms with E-state index in [0.29, 0.717) is 13.1 Å². The Balaban J connectivity index is 3.06. The molecule has 0 atom stereocenters. The summed E-state index contributed by atoms with van der Waals surface area (Å²) >= 11 is 0. The van der Waals surface area contributed by atoms with E-state index in [9.17, 15) is 0 Å². The zero-order valence-electron chi connectivity index (χ0n) is 4.98. The van der Waals surface area contributed by atoms with Crippen molar-refractivity contribution in [1.82, 2.24) is 5.43 Å². The fourth-order valence-corrected chi connectivity index (χ4v) is 0.437. The van der Waals surface area contributed by atoms with Gasteiger partial charge in [-0.15, -0.1) is 0 Å². The zero-order chi connectivity index (χ0) is 6.41. The van der Waals surface area contributed by atoms with Crippen LogP contribution in [0.25, 0.3) is 0 Å². The van der Waals surface area contributed by atoms with E-state index in [1.54, 1.807) is 0 Å². The van der Waals surface area contributed by atoms with Gasteiger partial charge in [0.2, 0.25) is 0 Å². The zero-order valence-corrected chi connectivity index (χ0v) is 4.98. The van der Waals surface area contributed by atoms with Gasteiger partial charge in [0, 0.05) is 6.54 Å². The number of nitrogens with one attached hydrogen (secondary N) is 1. The molecule has 0 aromatic heterocycles. The maximum atomic E-state index is 5.23. The second-order valence-electron chi connectivity index (χ2n) is 1.67. The van der Waals surface area contributed by atoms with Crippen molar-refractivity contribution in [2.24, 2.45) is 11.6 Å². The van der Waals surface area contributed by atoms with Gasteiger partial charge in [-0.3, -0.25) is 11.3 Å². The SMILES string of the molecule is C=C(CCN)CNN. The summed E-state index contributed by atoms with van der Waals surface area (Å²) < 4.78 is 0. The molecule has 0 fully saturated rings. The van der Waals surface area contributed by atoms with Gasteiger partial charge in [-0.2, -0.15) is 0 Å². The molecule has 48 valence electrons. The number of hydrogen-bond acceptors (Lipinski definition) is 3. The summed E-state index contributed by atoms with van der Waals surface area (Å²) in [6, 6.07) is 0. The summed E-state index contributed by atoms with van der Waals surface area (Å²) in [4.78, 5) is 0. The van der Waals surface area contributed by atoms with Crippen molar-refractivity contribution in [1.29, 1.82) is 0 Å². The van der Waals surface area contributed by atoms with Crippen LogP contribution in [0.4, 0.5) is 0 Å². The molecule has 0 aromatic carbocycles. The molecule has 0 heterocycles. The Kier molecular flexibility index (Phi) is 4.54. The summed E-state index contributed by atoms with van der Waals surface area (Å²) in [6.07, 6.45) is 0.851. The van der Waals surface area contributed by atoms with Crippen molar-refractivity contribution in [3.05, 3.63) is 12.2 Å². The van der Waals surface area contributed by atoms with E-state index in [-0.39, 0.29) is 0 Å². The molecule has 0 aliphatic heterocycles. The smallest absolute Gasteiger partial charge is 0.0305 e. The lowest BCUT2D eigenvalue weighted by Gasteiger charge is -1.99. The number of nitrogens with two attached hydrogens (primary N) is 2. The molecular weight excluding hydrogens is 102 g/mol. The monoisotopic (exact) mass is 115 g/mol. The van der Waals surface area contributed by atoms with Crippen LogP contribution in [0.1, 0.15) is 6.42 Å². The molecule has 0 aliphatic carbocycles. The van der Waals surface area contributed by atoms with Crippen LogP contribution in [0.15, 0.2) is 12.2 Å². The molecule has 0 radical (unpaired) electrons. The fourth-order valence-electron chi connectivity index (χ4n) is 0.437. The summed E-state index contributed by atoms with van der Waals surface area (Å²) in [5.74, 6) is 5.01. The fraction of sp³-hybridized carbons (Fsp3) is 0.600. The summed E-state index contributed by atoms with van der Waals surface area (Å²) in [5.41, 5.74) is 8.78. The van der Waals surface area contributed by atoms with Gasteiger partial charge in [-0.25, -0.2) is 0 Å². The molecule has 0 aliphatic rings. The molecule has 3 nitrogen and oxygen atoms in total. The van der Waals surface area contributed by atoms with Crippen molar-refractivity contribution in [3.63, 3.8) is 0 Å². The molecule has 0 spiro atoms. The predicted octanol–water partition coefficient (Wildman–Crippen LogP) is -0.645. The molecule has 0 amide bonds. The molecule has 0 aromatic rings. The Morgan fingerprint density at radius 1 is 1.62 bits per heavy atom. The van der Waals surface area contributed by atoms with E-state index in [1.807, 2.05) is 0 Å². The highest BCUT2D eigenvalue weighted by molar-refractivity contribution is 4.95. The number of rotatable bonds is 4. The minimum atomic E-state index is 0.653. The second-order valence-corrected chi connectivity index (χ2v) is 1.67. The first-order valence-electron chi connectivity index (χ1n) is 2.61. The minimum absolute atomic E-state index is 0.653. The highest BCUT2D eigenvalue weighted by Crippen LogP contribution is 1.90. The van der Waals surface area contributed by atoms with Crippen LogP contribution in [-0.4, -0.2) is 13.1 Å². The summed E-state index contributed by atoms with van der Waals surface area (Å²) in [7, 11) is 0. The van der Waals surface area contributed by atoms with Crippen molar-refractivity contribution in [2.45, 2.75) is 6.42 Å². The highest BCUT2D eigenvalue weighted by atomic mass is 15.2. The molecule has 0 unspecified atom stereocenters. The summed E-state index contributed by atoms with van der Waals surface area (Å²) in [6.45, 7) is 5.03. The molecule has 3 heteroatoms. The Morgan fingerprint density at radius 3 is 2.62 bits per heavy atom. The van der Waals surface area contributed by atoms with E-state index in [0.717, 1.165) is 12.0 Å². The van der Waals surface area contributed by atoms with Gasteiger partial charge >= 0.3 is 0 Å². The van der Waals surface area contributed by atoms with E-state index in [2.05, 4.69) is 12.0 Å². The minimum Gasteiger partial charge on any atom is -0.330 e. The van der Waals surface area contributed by atoms with Crippen LogP contribution in [0, 0.1) is 0 Å². The number of hydrazine groups is 1. The Bertz CT molecular complexity index is 62.1. The third-order valence-corrected chi connectivity index (χ3v) is 0.850. The Labute approximate surface area is 49.7 Å². The van der Waals surface area contributed by atoms with E-state index < -0.39 is 0 Å². The lowest BCUT2D eigenvalue weighted by Crippen LogP contribution is -2.24. The van der Waals surface area contributed by atoms with Crippen LogP contribution in [0.5, 0.6) is 0 Å².